The van der Waals surface area contributed by atoms with Gasteiger partial charge in [0, 0.05) is 12.6 Å². The highest BCUT2D eigenvalue weighted by Gasteiger charge is 2.42. The van der Waals surface area contributed by atoms with Crippen LogP contribution in [0.25, 0.3) is 0 Å². The van der Waals surface area contributed by atoms with Crippen molar-refractivity contribution >= 4 is 11.6 Å². The Morgan fingerprint density at radius 2 is 1.84 bits per heavy atom. The number of anilines is 2. The summed E-state index contributed by atoms with van der Waals surface area (Å²) in [6.45, 7) is 2.87. The molecule has 0 aliphatic heterocycles. The molecule has 0 spiro atoms. The molecule has 5 nitrogen and oxygen atoms in total. The maximum Gasteiger partial charge on any atom is 0.204 e. The Hall–Kier alpha value is -1.52. The van der Waals surface area contributed by atoms with E-state index in [1.165, 1.54) is 25.7 Å². The molecule has 0 aromatic carbocycles. The molecule has 1 heterocycles. The molecule has 0 atom stereocenters. The summed E-state index contributed by atoms with van der Waals surface area (Å²) in [5, 5.41) is 6.82. The van der Waals surface area contributed by atoms with Gasteiger partial charge in [0.1, 0.15) is 6.33 Å². The van der Waals surface area contributed by atoms with Gasteiger partial charge in [-0.05, 0) is 44.4 Å². The Balaban J connectivity index is 1.80. The zero-order valence-electron chi connectivity index (χ0n) is 11.6. The van der Waals surface area contributed by atoms with E-state index in [0.29, 0.717) is 6.04 Å². The zero-order chi connectivity index (χ0) is 13.2. The fraction of sp³-hybridized carbons (Fsp3) is 0.714. The van der Waals surface area contributed by atoms with Gasteiger partial charge >= 0.3 is 0 Å². The van der Waals surface area contributed by atoms with Crippen LogP contribution in [0.5, 0.6) is 5.75 Å². The first kappa shape index (κ1) is 12.5. The highest BCUT2D eigenvalue weighted by molar-refractivity contribution is 5.64. The van der Waals surface area contributed by atoms with Crippen LogP contribution in [0.2, 0.25) is 0 Å². The van der Waals surface area contributed by atoms with E-state index in [2.05, 4.69) is 20.6 Å². The molecule has 1 aromatic heterocycles. The highest BCUT2D eigenvalue weighted by atomic mass is 16.5. The van der Waals surface area contributed by atoms with Crippen molar-refractivity contribution in [3.8, 4) is 5.75 Å². The molecule has 2 aliphatic carbocycles. The van der Waals surface area contributed by atoms with E-state index < -0.39 is 0 Å². The molecule has 5 heteroatoms. The smallest absolute Gasteiger partial charge is 0.204 e. The molecule has 2 fully saturated rings. The van der Waals surface area contributed by atoms with Crippen LogP contribution < -0.4 is 15.4 Å². The van der Waals surface area contributed by atoms with E-state index in [1.54, 1.807) is 13.4 Å². The Kier molecular flexibility index (Phi) is 3.44. The van der Waals surface area contributed by atoms with Crippen LogP contribution in [-0.4, -0.2) is 29.7 Å². The van der Waals surface area contributed by atoms with Crippen molar-refractivity contribution in [1.82, 2.24) is 9.97 Å². The fourth-order valence-corrected chi connectivity index (χ4v) is 2.65. The number of hydrogen-bond acceptors (Lipinski definition) is 5. The molecule has 1 aromatic rings. The van der Waals surface area contributed by atoms with Crippen molar-refractivity contribution in [3.63, 3.8) is 0 Å². The third-order valence-electron chi connectivity index (χ3n) is 3.92. The van der Waals surface area contributed by atoms with Crippen LogP contribution in [0.1, 0.15) is 32.6 Å². The maximum absolute atomic E-state index is 5.48. The van der Waals surface area contributed by atoms with Crippen LogP contribution in [-0.2, 0) is 0 Å². The van der Waals surface area contributed by atoms with Gasteiger partial charge in [0.25, 0.3) is 0 Å². The lowest BCUT2D eigenvalue weighted by atomic mass is 10.1. The van der Waals surface area contributed by atoms with E-state index in [0.717, 1.165) is 35.8 Å². The van der Waals surface area contributed by atoms with E-state index in [1.807, 2.05) is 6.92 Å². The summed E-state index contributed by atoms with van der Waals surface area (Å²) in [7, 11) is 1.67. The van der Waals surface area contributed by atoms with Gasteiger partial charge in [0.15, 0.2) is 11.6 Å². The Morgan fingerprint density at radius 1 is 1.21 bits per heavy atom. The fourth-order valence-electron chi connectivity index (χ4n) is 2.65. The molecule has 0 amide bonds. The molecule has 0 bridgehead atoms. The quantitative estimate of drug-likeness (QED) is 0.790. The Morgan fingerprint density at radius 3 is 2.37 bits per heavy atom. The SMILES string of the molecule is CCNc1ncnc(NC(C2CC2)C2CC2)c1OC. The second kappa shape index (κ2) is 5.23. The van der Waals surface area contributed by atoms with E-state index in [9.17, 15) is 0 Å². The van der Waals surface area contributed by atoms with Crippen LogP contribution in [0.4, 0.5) is 11.6 Å². The first-order valence-corrected chi connectivity index (χ1v) is 7.22. The average molecular weight is 262 g/mol. The molecule has 0 radical (unpaired) electrons. The van der Waals surface area contributed by atoms with Crippen LogP contribution in [0.15, 0.2) is 6.33 Å². The van der Waals surface area contributed by atoms with Crippen LogP contribution >= 0.6 is 0 Å². The Labute approximate surface area is 114 Å². The van der Waals surface area contributed by atoms with Gasteiger partial charge in [-0.15, -0.1) is 0 Å². The second-order valence-electron chi connectivity index (χ2n) is 5.48. The van der Waals surface area contributed by atoms with Gasteiger partial charge in [-0.2, -0.15) is 0 Å². The molecular weight excluding hydrogens is 240 g/mol. The summed E-state index contributed by atoms with van der Waals surface area (Å²) in [6, 6.07) is 0.568. The Bertz CT molecular complexity index is 431. The van der Waals surface area contributed by atoms with E-state index in [4.69, 9.17) is 4.74 Å². The minimum Gasteiger partial charge on any atom is -0.490 e. The summed E-state index contributed by atoms with van der Waals surface area (Å²) in [5.41, 5.74) is 0. The third-order valence-corrected chi connectivity index (χ3v) is 3.92. The van der Waals surface area contributed by atoms with E-state index >= 15 is 0 Å². The molecule has 2 aliphatic rings. The van der Waals surface area contributed by atoms with Crippen LogP contribution in [0, 0.1) is 11.8 Å². The number of rotatable bonds is 7. The van der Waals surface area contributed by atoms with Crippen molar-refractivity contribution in [2.24, 2.45) is 11.8 Å². The normalized spacial score (nSPS) is 18.5. The lowest BCUT2D eigenvalue weighted by Crippen LogP contribution is -2.25. The minimum absolute atomic E-state index is 0.568. The van der Waals surface area contributed by atoms with Crippen molar-refractivity contribution in [2.75, 3.05) is 24.3 Å². The first-order chi connectivity index (χ1) is 9.33. The van der Waals surface area contributed by atoms with Crippen molar-refractivity contribution in [1.29, 1.82) is 0 Å². The number of ether oxygens (including phenoxy) is 1. The molecule has 0 unspecified atom stereocenters. The summed E-state index contributed by atoms with van der Waals surface area (Å²) in [5.74, 6) is 3.99. The molecule has 2 saturated carbocycles. The minimum atomic E-state index is 0.568. The predicted molar refractivity (Wildman–Crippen MR) is 75.6 cm³/mol. The number of hydrogen-bond donors (Lipinski definition) is 2. The van der Waals surface area contributed by atoms with Gasteiger partial charge in [0.05, 0.1) is 7.11 Å². The number of nitrogens with one attached hydrogen (secondary N) is 2. The summed E-state index contributed by atoms with van der Waals surface area (Å²) in [4.78, 5) is 8.61. The second-order valence-corrected chi connectivity index (χ2v) is 5.48. The van der Waals surface area contributed by atoms with Gasteiger partial charge < -0.3 is 15.4 Å². The molecule has 3 rings (SSSR count). The lowest BCUT2D eigenvalue weighted by Gasteiger charge is -2.20. The van der Waals surface area contributed by atoms with Crippen molar-refractivity contribution in [3.05, 3.63) is 6.33 Å². The summed E-state index contributed by atoms with van der Waals surface area (Å²) >= 11 is 0. The van der Waals surface area contributed by atoms with Gasteiger partial charge in [-0.3, -0.25) is 0 Å². The zero-order valence-corrected chi connectivity index (χ0v) is 11.6. The van der Waals surface area contributed by atoms with Gasteiger partial charge in [0.2, 0.25) is 5.75 Å². The molecule has 19 heavy (non-hydrogen) atoms. The highest BCUT2D eigenvalue weighted by Crippen LogP contribution is 2.46. The van der Waals surface area contributed by atoms with E-state index in [-0.39, 0.29) is 0 Å². The summed E-state index contributed by atoms with van der Waals surface area (Å²) in [6.07, 6.45) is 6.99. The predicted octanol–water partition coefficient (Wildman–Crippen LogP) is 2.52. The standard InChI is InChI=1S/C14H22N4O/c1-3-15-13-12(19-2)14(17-8-16-13)18-11(9-4-5-9)10-6-7-10/h8-11H,3-7H2,1-2H3,(H2,15,16,17,18). The first-order valence-electron chi connectivity index (χ1n) is 7.22. The molecule has 2 N–H and O–H groups in total. The summed E-state index contributed by atoms with van der Waals surface area (Å²) < 4.78 is 5.48. The number of methoxy groups -OCH3 is 1. The number of nitrogens with zero attached hydrogens (tertiary/aromatic N) is 2. The third kappa shape index (κ3) is 2.74. The van der Waals surface area contributed by atoms with Crippen LogP contribution in [0.3, 0.4) is 0 Å². The van der Waals surface area contributed by atoms with Gasteiger partial charge in [-0.25, -0.2) is 9.97 Å². The lowest BCUT2D eigenvalue weighted by molar-refractivity contribution is 0.413. The molecule has 104 valence electrons. The molecular formula is C14H22N4O. The largest absolute Gasteiger partial charge is 0.490 e. The molecule has 0 saturated heterocycles. The van der Waals surface area contributed by atoms with Crippen molar-refractivity contribution in [2.45, 2.75) is 38.6 Å². The number of aromatic nitrogens is 2. The topological polar surface area (TPSA) is 59.1 Å². The monoisotopic (exact) mass is 262 g/mol. The maximum atomic E-state index is 5.48. The average Bonchev–Trinajstić information content (AvgIpc) is 3.29. The van der Waals surface area contributed by atoms with Gasteiger partial charge in [-0.1, -0.05) is 0 Å². The van der Waals surface area contributed by atoms with Crippen molar-refractivity contribution < 1.29 is 4.74 Å².